The molecule has 9 heteroatoms. The third-order valence-corrected chi connectivity index (χ3v) is 2.62. The SMILES string of the molecule is C=CC(=O)OCCCS(=O)(=O)OCC(F)(F)F. The molecule has 0 aliphatic rings. The number of carbonyl (C=O) groups excluding carboxylic acids is 1. The number of carbonyl (C=O) groups is 1. The number of esters is 1. The van der Waals surface area contributed by atoms with E-state index in [0.29, 0.717) is 0 Å². The summed E-state index contributed by atoms with van der Waals surface area (Å²) in [5.41, 5.74) is 0. The van der Waals surface area contributed by atoms with Gasteiger partial charge in [-0.2, -0.15) is 21.6 Å². The number of ether oxygens (including phenoxy) is 1. The topological polar surface area (TPSA) is 69.7 Å². The van der Waals surface area contributed by atoms with E-state index in [0.717, 1.165) is 6.08 Å². The maximum Gasteiger partial charge on any atom is 0.413 e. The lowest BCUT2D eigenvalue weighted by atomic mass is 10.5. The van der Waals surface area contributed by atoms with Crippen LogP contribution in [0.1, 0.15) is 6.42 Å². The molecule has 0 atom stereocenters. The molecule has 0 radical (unpaired) electrons. The van der Waals surface area contributed by atoms with E-state index in [9.17, 15) is 26.4 Å². The van der Waals surface area contributed by atoms with E-state index in [1.54, 1.807) is 0 Å². The molecule has 0 spiro atoms. The first kappa shape index (κ1) is 15.9. The van der Waals surface area contributed by atoms with Crippen LogP contribution in [-0.2, 0) is 23.8 Å². The molecule has 17 heavy (non-hydrogen) atoms. The van der Waals surface area contributed by atoms with Gasteiger partial charge < -0.3 is 4.74 Å². The molecule has 0 rings (SSSR count). The van der Waals surface area contributed by atoms with Gasteiger partial charge in [0.1, 0.15) is 0 Å². The first-order valence-corrected chi connectivity index (χ1v) is 5.97. The highest BCUT2D eigenvalue weighted by atomic mass is 32.2. The van der Waals surface area contributed by atoms with E-state index in [4.69, 9.17) is 0 Å². The Kier molecular flexibility index (Phi) is 6.18. The van der Waals surface area contributed by atoms with E-state index >= 15 is 0 Å². The zero-order chi connectivity index (χ0) is 13.5. The minimum Gasteiger partial charge on any atom is -0.463 e. The van der Waals surface area contributed by atoms with Gasteiger partial charge in [0.15, 0.2) is 6.61 Å². The molecule has 0 amide bonds. The molecular formula is C8H11F3O5S. The Morgan fingerprint density at radius 2 is 1.94 bits per heavy atom. The molecule has 0 saturated carbocycles. The standard InChI is InChI=1S/C8H11F3O5S/c1-2-7(12)15-4-3-5-17(13,14)16-6-8(9,10)11/h2H,1,3-6H2. The van der Waals surface area contributed by atoms with Crippen LogP contribution in [0.5, 0.6) is 0 Å². The quantitative estimate of drug-likeness (QED) is 0.300. The highest BCUT2D eigenvalue weighted by Crippen LogP contribution is 2.16. The van der Waals surface area contributed by atoms with Crippen molar-refractivity contribution in [3.63, 3.8) is 0 Å². The fraction of sp³-hybridized carbons (Fsp3) is 0.625. The van der Waals surface area contributed by atoms with Crippen LogP contribution < -0.4 is 0 Å². The van der Waals surface area contributed by atoms with Crippen molar-refractivity contribution in [3.8, 4) is 0 Å². The van der Waals surface area contributed by atoms with Crippen LogP contribution in [-0.4, -0.2) is 39.5 Å². The average molecular weight is 276 g/mol. The van der Waals surface area contributed by atoms with Crippen LogP contribution in [0, 0.1) is 0 Å². The smallest absolute Gasteiger partial charge is 0.413 e. The molecule has 0 saturated heterocycles. The molecule has 100 valence electrons. The predicted octanol–water partition coefficient (Wildman–Crippen LogP) is 1.01. The molecule has 0 aromatic carbocycles. The minimum absolute atomic E-state index is 0.153. The van der Waals surface area contributed by atoms with E-state index in [1.807, 2.05) is 0 Å². The van der Waals surface area contributed by atoms with Gasteiger partial charge in [-0.05, 0) is 6.42 Å². The number of alkyl halides is 3. The molecule has 0 fully saturated rings. The molecule has 5 nitrogen and oxygen atoms in total. The molecule has 0 aromatic heterocycles. The van der Waals surface area contributed by atoms with Gasteiger partial charge in [-0.25, -0.2) is 4.79 Å². The Labute approximate surface area is 96.3 Å². The van der Waals surface area contributed by atoms with Crippen molar-refractivity contribution in [1.82, 2.24) is 0 Å². The summed E-state index contributed by atoms with van der Waals surface area (Å²) in [5, 5.41) is 0. The van der Waals surface area contributed by atoms with Gasteiger partial charge in [0.25, 0.3) is 10.1 Å². The lowest BCUT2D eigenvalue weighted by molar-refractivity contribution is -0.152. The maximum absolute atomic E-state index is 11.7. The Bertz CT molecular complexity index is 360. The minimum atomic E-state index is -4.71. The average Bonchev–Trinajstić information content (AvgIpc) is 2.20. The van der Waals surface area contributed by atoms with Gasteiger partial charge >= 0.3 is 12.1 Å². The maximum atomic E-state index is 11.7. The Balaban J connectivity index is 3.87. The Morgan fingerprint density at radius 1 is 1.35 bits per heavy atom. The van der Waals surface area contributed by atoms with Crippen LogP contribution in [0.4, 0.5) is 13.2 Å². The third kappa shape index (κ3) is 9.82. The summed E-state index contributed by atoms with van der Waals surface area (Å²) in [6.45, 7) is 1.01. The van der Waals surface area contributed by atoms with Gasteiger partial charge in [-0.1, -0.05) is 6.58 Å². The van der Waals surface area contributed by atoms with Crippen molar-refractivity contribution in [1.29, 1.82) is 0 Å². The third-order valence-electron chi connectivity index (χ3n) is 1.35. The summed E-state index contributed by atoms with van der Waals surface area (Å²) in [6, 6.07) is 0. The molecule has 0 unspecified atom stereocenters. The van der Waals surface area contributed by atoms with Crippen molar-refractivity contribution < 1.29 is 35.3 Å². The second kappa shape index (κ2) is 6.60. The van der Waals surface area contributed by atoms with Crippen LogP contribution >= 0.6 is 0 Å². The van der Waals surface area contributed by atoms with E-state index in [2.05, 4.69) is 15.5 Å². The number of halogens is 3. The van der Waals surface area contributed by atoms with Gasteiger partial charge in [-0.15, -0.1) is 0 Å². The normalized spacial score (nSPS) is 12.2. The van der Waals surface area contributed by atoms with Crippen LogP contribution in [0.15, 0.2) is 12.7 Å². The molecule has 0 aliphatic carbocycles. The van der Waals surface area contributed by atoms with E-state index in [1.165, 1.54) is 0 Å². The van der Waals surface area contributed by atoms with Crippen LogP contribution in [0.3, 0.4) is 0 Å². The monoisotopic (exact) mass is 276 g/mol. The first-order chi connectivity index (χ1) is 7.66. The molecule has 0 heterocycles. The number of hydrogen-bond donors (Lipinski definition) is 0. The summed E-state index contributed by atoms with van der Waals surface area (Å²) in [5.74, 6) is -1.40. The number of rotatable bonds is 7. The summed E-state index contributed by atoms with van der Waals surface area (Å²) in [7, 11) is -4.26. The number of hydrogen-bond acceptors (Lipinski definition) is 5. The van der Waals surface area contributed by atoms with Crippen LogP contribution in [0.25, 0.3) is 0 Å². The molecule has 0 aromatic rings. The molecule has 0 N–H and O–H groups in total. The highest BCUT2D eigenvalue weighted by molar-refractivity contribution is 7.86. The summed E-state index contributed by atoms with van der Waals surface area (Å²) < 4.78 is 64.9. The Morgan fingerprint density at radius 3 is 2.41 bits per heavy atom. The van der Waals surface area contributed by atoms with Crippen molar-refractivity contribution in [2.45, 2.75) is 12.6 Å². The van der Waals surface area contributed by atoms with E-state index in [-0.39, 0.29) is 13.0 Å². The van der Waals surface area contributed by atoms with Gasteiger partial charge in [-0.3, -0.25) is 4.18 Å². The van der Waals surface area contributed by atoms with Crippen molar-refractivity contribution in [2.75, 3.05) is 19.0 Å². The summed E-state index contributed by atoms with van der Waals surface area (Å²) in [4.78, 5) is 10.5. The second-order valence-electron chi connectivity index (χ2n) is 2.86. The van der Waals surface area contributed by atoms with Gasteiger partial charge in [0, 0.05) is 6.08 Å². The van der Waals surface area contributed by atoms with Crippen molar-refractivity contribution >= 4 is 16.1 Å². The summed E-state index contributed by atoms with van der Waals surface area (Å²) >= 11 is 0. The highest BCUT2D eigenvalue weighted by Gasteiger charge is 2.30. The van der Waals surface area contributed by atoms with Crippen molar-refractivity contribution in [3.05, 3.63) is 12.7 Å². The second-order valence-corrected chi connectivity index (χ2v) is 4.62. The fourth-order valence-electron chi connectivity index (χ4n) is 0.683. The molecule has 0 bridgehead atoms. The van der Waals surface area contributed by atoms with E-state index < -0.39 is 34.6 Å². The van der Waals surface area contributed by atoms with Gasteiger partial charge in [0.05, 0.1) is 12.4 Å². The zero-order valence-corrected chi connectivity index (χ0v) is 9.51. The Hall–Kier alpha value is -1.09. The lowest BCUT2D eigenvalue weighted by Crippen LogP contribution is -2.22. The van der Waals surface area contributed by atoms with Crippen molar-refractivity contribution in [2.24, 2.45) is 0 Å². The first-order valence-electron chi connectivity index (χ1n) is 4.39. The molecule has 0 aliphatic heterocycles. The zero-order valence-electron chi connectivity index (χ0n) is 8.70. The fourth-order valence-corrected chi connectivity index (χ4v) is 1.59. The lowest BCUT2D eigenvalue weighted by Gasteiger charge is -2.08. The predicted molar refractivity (Wildman–Crippen MR) is 51.6 cm³/mol. The largest absolute Gasteiger partial charge is 0.463 e. The van der Waals surface area contributed by atoms with Gasteiger partial charge in [0.2, 0.25) is 0 Å². The summed E-state index contributed by atoms with van der Waals surface area (Å²) in [6.07, 6.45) is -3.98. The molecular weight excluding hydrogens is 265 g/mol. The van der Waals surface area contributed by atoms with Crippen LogP contribution in [0.2, 0.25) is 0 Å².